The molecule has 0 fully saturated rings. The Morgan fingerprint density at radius 3 is 1.42 bits per heavy atom. The van der Waals surface area contributed by atoms with Crippen LogP contribution < -0.4 is 5.73 Å². The van der Waals surface area contributed by atoms with Gasteiger partial charge in [0.05, 0.1) is 13.2 Å². The highest BCUT2D eigenvalue weighted by Crippen LogP contribution is 2.43. The Bertz CT molecular complexity index is 840. The molecular formula is C40H78NO8P. The summed E-state index contributed by atoms with van der Waals surface area (Å²) in [5.41, 5.74) is 5.34. The van der Waals surface area contributed by atoms with Gasteiger partial charge >= 0.3 is 19.8 Å². The van der Waals surface area contributed by atoms with Gasteiger partial charge in [0.25, 0.3) is 0 Å². The summed E-state index contributed by atoms with van der Waals surface area (Å²) in [6, 6.07) is 0. The van der Waals surface area contributed by atoms with Crippen molar-refractivity contribution >= 4 is 19.8 Å². The summed E-state index contributed by atoms with van der Waals surface area (Å²) in [6.07, 6.45) is 36.6. The van der Waals surface area contributed by atoms with Gasteiger partial charge in [0.15, 0.2) is 6.10 Å². The summed E-state index contributed by atoms with van der Waals surface area (Å²) < 4.78 is 32.7. The maximum absolute atomic E-state index is 12.5. The van der Waals surface area contributed by atoms with Crippen molar-refractivity contribution in [2.45, 2.75) is 206 Å². The van der Waals surface area contributed by atoms with Gasteiger partial charge in [-0.1, -0.05) is 161 Å². The molecule has 0 aromatic rings. The highest BCUT2D eigenvalue weighted by molar-refractivity contribution is 7.47. The van der Waals surface area contributed by atoms with Gasteiger partial charge in [-0.2, -0.15) is 0 Å². The quantitative estimate of drug-likeness (QED) is 0.0274. The Morgan fingerprint density at radius 2 is 0.980 bits per heavy atom. The van der Waals surface area contributed by atoms with Crippen molar-refractivity contribution < 1.29 is 37.6 Å². The van der Waals surface area contributed by atoms with Gasteiger partial charge in [0.2, 0.25) is 0 Å². The third kappa shape index (κ3) is 36.5. The molecule has 0 spiro atoms. The predicted molar refractivity (Wildman–Crippen MR) is 206 cm³/mol. The van der Waals surface area contributed by atoms with E-state index in [1.165, 1.54) is 135 Å². The molecule has 296 valence electrons. The molecule has 0 aliphatic heterocycles. The highest BCUT2D eigenvalue weighted by Gasteiger charge is 2.26. The topological polar surface area (TPSA) is 134 Å². The molecule has 0 bridgehead atoms. The lowest BCUT2D eigenvalue weighted by Gasteiger charge is -2.19. The van der Waals surface area contributed by atoms with Crippen LogP contribution in [0.3, 0.4) is 0 Å². The first-order valence-corrected chi connectivity index (χ1v) is 22.2. The van der Waals surface area contributed by atoms with E-state index in [-0.39, 0.29) is 38.6 Å². The van der Waals surface area contributed by atoms with Crippen molar-refractivity contribution in [2.24, 2.45) is 5.73 Å². The van der Waals surface area contributed by atoms with Gasteiger partial charge in [0.1, 0.15) is 6.61 Å². The molecule has 0 aromatic carbocycles. The molecule has 0 saturated carbocycles. The van der Waals surface area contributed by atoms with E-state index in [4.69, 9.17) is 24.3 Å². The first-order valence-electron chi connectivity index (χ1n) is 20.7. The van der Waals surface area contributed by atoms with Gasteiger partial charge in [-0.3, -0.25) is 18.6 Å². The van der Waals surface area contributed by atoms with Gasteiger partial charge < -0.3 is 20.1 Å². The summed E-state index contributed by atoms with van der Waals surface area (Å²) in [5, 5.41) is 0. The van der Waals surface area contributed by atoms with Crippen molar-refractivity contribution in [1.82, 2.24) is 0 Å². The van der Waals surface area contributed by atoms with Crippen LogP contribution in [0.4, 0.5) is 0 Å². The standard InChI is InChI=1S/C40H78NO8P/c1-3-5-7-9-11-13-15-17-18-19-20-21-23-24-26-28-30-32-39(42)46-36-38(37-48-50(44,45)47-35-34-41)49-40(43)33-31-29-27-25-22-16-14-12-10-8-6-4-2/h17-18,38H,3-16,19-37,41H2,1-2H3,(H,44,45)/t38-/m1/s1. The Kier molecular flexibility index (Phi) is 36.6. The van der Waals surface area contributed by atoms with Crippen molar-refractivity contribution in [3.63, 3.8) is 0 Å². The second kappa shape index (κ2) is 37.5. The van der Waals surface area contributed by atoms with Crippen LogP contribution in [0.2, 0.25) is 0 Å². The van der Waals surface area contributed by atoms with E-state index in [1.807, 2.05) is 0 Å². The molecule has 9 nitrogen and oxygen atoms in total. The summed E-state index contributed by atoms with van der Waals surface area (Å²) in [5.74, 6) is -0.826. The lowest BCUT2D eigenvalue weighted by Crippen LogP contribution is -2.29. The second-order valence-electron chi connectivity index (χ2n) is 13.9. The number of ether oxygens (including phenoxy) is 2. The minimum Gasteiger partial charge on any atom is -0.462 e. The monoisotopic (exact) mass is 732 g/mol. The fourth-order valence-electron chi connectivity index (χ4n) is 5.81. The Morgan fingerprint density at radius 1 is 0.580 bits per heavy atom. The Labute approximate surface area is 307 Å². The number of nitrogens with two attached hydrogens (primary N) is 1. The lowest BCUT2D eigenvalue weighted by molar-refractivity contribution is -0.161. The number of phosphoric ester groups is 1. The van der Waals surface area contributed by atoms with E-state index in [1.54, 1.807) is 0 Å². The summed E-state index contributed by atoms with van der Waals surface area (Å²) in [6.45, 7) is 3.73. The fraction of sp³-hybridized carbons (Fsp3) is 0.900. The second-order valence-corrected chi connectivity index (χ2v) is 15.3. The average Bonchev–Trinajstić information content (AvgIpc) is 3.10. The summed E-state index contributed by atoms with van der Waals surface area (Å²) in [4.78, 5) is 34.8. The summed E-state index contributed by atoms with van der Waals surface area (Å²) >= 11 is 0. The summed E-state index contributed by atoms with van der Waals surface area (Å²) in [7, 11) is -4.37. The lowest BCUT2D eigenvalue weighted by atomic mass is 10.0. The van der Waals surface area contributed by atoms with Gasteiger partial charge in [0, 0.05) is 19.4 Å². The van der Waals surface area contributed by atoms with Gasteiger partial charge in [-0.15, -0.1) is 0 Å². The first-order chi connectivity index (χ1) is 24.3. The fourth-order valence-corrected chi connectivity index (χ4v) is 6.57. The van der Waals surface area contributed by atoms with Gasteiger partial charge in [-0.25, -0.2) is 4.57 Å². The molecule has 1 unspecified atom stereocenters. The largest absolute Gasteiger partial charge is 0.472 e. The zero-order valence-corrected chi connectivity index (χ0v) is 33.3. The van der Waals surface area contributed by atoms with Crippen molar-refractivity contribution in [2.75, 3.05) is 26.4 Å². The van der Waals surface area contributed by atoms with Crippen LogP contribution in [0.15, 0.2) is 12.2 Å². The SMILES string of the molecule is CCCCCCCCC=CCCCCCCCCCC(=O)OC[C@H](COP(=O)(O)OCCN)OC(=O)CCCCCCCCCCCCCC. The molecule has 0 aliphatic rings. The van der Waals surface area contributed by atoms with Crippen LogP contribution in [0.1, 0.15) is 200 Å². The van der Waals surface area contributed by atoms with E-state index in [0.29, 0.717) is 6.42 Å². The minimum absolute atomic E-state index is 0.0555. The Hall–Kier alpha value is -1.25. The van der Waals surface area contributed by atoms with Crippen LogP contribution >= 0.6 is 7.82 Å². The molecule has 0 aliphatic carbocycles. The predicted octanol–water partition coefficient (Wildman–Crippen LogP) is 11.4. The average molecular weight is 732 g/mol. The van der Waals surface area contributed by atoms with Crippen LogP contribution in [-0.2, 0) is 32.7 Å². The smallest absolute Gasteiger partial charge is 0.462 e. The van der Waals surface area contributed by atoms with E-state index in [9.17, 15) is 19.0 Å². The van der Waals surface area contributed by atoms with Crippen molar-refractivity contribution in [3.8, 4) is 0 Å². The maximum atomic E-state index is 12.5. The Balaban J connectivity index is 4.14. The molecule has 10 heteroatoms. The number of unbranched alkanes of at least 4 members (excludes halogenated alkanes) is 24. The number of hydrogen-bond acceptors (Lipinski definition) is 8. The first kappa shape index (κ1) is 48.8. The maximum Gasteiger partial charge on any atom is 0.472 e. The number of carbonyl (C=O) groups excluding carboxylic acids is 2. The molecule has 0 radical (unpaired) electrons. The zero-order chi connectivity index (χ0) is 36.8. The van der Waals surface area contributed by atoms with Crippen LogP contribution in [0.5, 0.6) is 0 Å². The third-order valence-electron chi connectivity index (χ3n) is 8.90. The normalized spacial score (nSPS) is 13.4. The van der Waals surface area contributed by atoms with Gasteiger partial charge in [-0.05, 0) is 38.5 Å². The highest BCUT2D eigenvalue weighted by atomic mass is 31.2. The number of rotatable bonds is 39. The molecule has 3 N–H and O–H groups in total. The van der Waals surface area contributed by atoms with Crippen LogP contribution in [0, 0.1) is 0 Å². The molecule has 0 amide bonds. The molecule has 0 aromatic heterocycles. The molecule has 0 saturated heterocycles. The number of allylic oxidation sites excluding steroid dienone is 2. The third-order valence-corrected chi connectivity index (χ3v) is 9.89. The molecular weight excluding hydrogens is 653 g/mol. The molecule has 0 heterocycles. The van der Waals surface area contributed by atoms with Crippen LogP contribution in [0.25, 0.3) is 0 Å². The van der Waals surface area contributed by atoms with Crippen molar-refractivity contribution in [1.29, 1.82) is 0 Å². The van der Waals surface area contributed by atoms with E-state index in [0.717, 1.165) is 32.1 Å². The van der Waals surface area contributed by atoms with E-state index < -0.39 is 26.5 Å². The number of carbonyl (C=O) groups is 2. The van der Waals surface area contributed by atoms with E-state index in [2.05, 4.69) is 26.0 Å². The zero-order valence-electron chi connectivity index (χ0n) is 32.4. The van der Waals surface area contributed by atoms with E-state index >= 15 is 0 Å². The molecule has 2 atom stereocenters. The van der Waals surface area contributed by atoms with Crippen LogP contribution in [-0.4, -0.2) is 49.3 Å². The number of hydrogen-bond donors (Lipinski definition) is 2. The molecule has 50 heavy (non-hydrogen) atoms. The minimum atomic E-state index is -4.37. The number of esters is 2. The van der Waals surface area contributed by atoms with Crippen molar-refractivity contribution in [3.05, 3.63) is 12.2 Å². The molecule has 0 rings (SSSR count). The number of phosphoric acid groups is 1.